The lowest BCUT2D eigenvalue weighted by Crippen LogP contribution is -2.11. The maximum atomic E-state index is 13.4. The van der Waals surface area contributed by atoms with E-state index in [-0.39, 0.29) is 0 Å². The number of carboxylic acids is 1. The number of rotatable bonds is 2. The number of benzene rings is 1. The molecule has 0 bridgehead atoms. The third kappa shape index (κ3) is 2.88. The van der Waals surface area contributed by atoms with E-state index in [0.29, 0.717) is 0 Å². The predicted molar refractivity (Wildman–Crippen MR) is 56.7 cm³/mol. The van der Waals surface area contributed by atoms with Crippen molar-refractivity contribution in [3.05, 3.63) is 34.4 Å². The van der Waals surface area contributed by atoms with Gasteiger partial charge >= 0.3 is 11.9 Å². The van der Waals surface area contributed by atoms with Crippen LogP contribution in [0.2, 0.25) is 0 Å². The normalized spacial score (nSPS) is 9.65. The van der Waals surface area contributed by atoms with Gasteiger partial charge in [0.1, 0.15) is 17.5 Å². The van der Waals surface area contributed by atoms with Gasteiger partial charge in [0.15, 0.2) is 23.3 Å². The average Bonchev–Trinajstić information content (AvgIpc) is 2.40. The highest BCUT2D eigenvalue weighted by molar-refractivity contribution is 5.88. The number of esters is 1. The number of hydrogen-bond acceptors (Lipinski definition) is 3. The van der Waals surface area contributed by atoms with Crippen LogP contribution in [0.1, 0.15) is 22.3 Å². The van der Waals surface area contributed by atoms with Gasteiger partial charge in [-0.25, -0.2) is 22.4 Å². The zero-order chi connectivity index (χ0) is 15.4. The second kappa shape index (κ2) is 6.06. The van der Waals surface area contributed by atoms with Gasteiger partial charge in [0, 0.05) is 0 Å². The average molecular weight is 290 g/mol. The van der Waals surface area contributed by atoms with E-state index in [9.17, 15) is 27.2 Å². The molecule has 1 N–H and O–H groups in total. The maximum Gasteiger partial charge on any atom is 0.341 e. The largest absolute Gasteiger partial charge is 0.477 e. The summed E-state index contributed by atoms with van der Waals surface area (Å²) in [4.78, 5) is 21.2. The zero-order valence-electron chi connectivity index (χ0n) is 9.89. The number of carboxylic acid groups (broad SMARTS) is 1. The Balaban J connectivity index is 3.37. The molecule has 8 heteroatoms. The van der Waals surface area contributed by atoms with E-state index < -0.39 is 52.8 Å². The Bertz CT molecular complexity index is 614. The molecule has 0 amide bonds. The van der Waals surface area contributed by atoms with Crippen LogP contribution in [-0.2, 0) is 9.53 Å². The summed E-state index contributed by atoms with van der Waals surface area (Å²) in [5, 5.41) is 8.46. The molecule has 106 valence electrons. The molecule has 1 rings (SSSR count). The summed E-state index contributed by atoms with van der Waals surface area (Å²) in [6.07, 6.45) is -0.556. The lowest BCUT2D eigenvalue weighted by Gasteiger charge is -2.05. The van der Waals surface area contributed by atoms with Crippen molar-refractivity contribution < 1.29 is 37.0 Å². The van der Waals surface area contributed by atoms with Crippen molar-refractivity contribution in [3.63, 3.8) is 0 Å². The first-order chi connectivity index (χ1) is 9.31. The maximum absolute atomic E-state index is 13.4. The highest BCUT2D eigenvalue weighted by atomic mass is 19.2. The predicted octanol–water partition coefficient (Wildman–Crippen LogP) is 1.86. The molecule has 0 atom stereocenters. The number of ether oxygens (including phenoxy) is 1. The van der Waals surface area contributed by atoms with Crippen LogP contribution >= 0.6 is 0 Å². The third-order valence-electron chi connectivity index (χ3n) is 2.15. The number of carbonyl (C=O) groups excluding carboxylic acids is 1. The van der Waals surface area contributed by atoms with E-state index in [1.165, 1.54) is 0 Å². The quantitative estimate of drug-likeness (QED) is 0.391. The minimum atomic E-state index is -2.16. The van der Waals surface area contributed by atoms with E-state index in [4.69, 9.17) is 5.11 Å². The first-order valence-corrected chi connectivity index (χ1v) is 4.96. The summed E-state index contributed by atoms with van der Waals surface area (Å²) in [7, 11) is 1.05. The zero-order valence-corrected chi connectivity index (χ0v) is 9.89. The van der Waals surface area contributed by atoms with Crippen molar-refractivity contribution in [1.29, 1.82) is 0 Å². The molecule has 0 spiro atoms. The number of aromatic carboxylic acids is 1. The van der Waals surface area contributed by atoms with Crippen LogP contribution in [0.4, 0.5) is 17.6 Å². The van der Waals surface area contributed by atoms with Gasteiger partial charge in [-0.1, -0.05) is 11.8 Å². The summed E-state index contributed by atoms with van der Waals surface area (Å²) in [6, 6.07) is 0. The molecular formula is C12H6F4O4. The van der Waals surface area contributed by atoms with Gasteiger partial charge in [-0.15, -0.1) is 0 Å². The van der Waals surface area contributed by atoms with E-state index in [1.54, 1.807) is 5.92 Å². The van der Waals surface area contributed by atoms with Crippen LogP contribution in [0.3, 0.4) is 0 Å². The summed E-state index contributed by atoms with van der Waals surface area (Å²) in [6.45, 7) is 0. The van der Waals surface area contributed by atoms with Crippen LogP contribution < -0.4 is 0 Å². The molecule has 4 nitrogen and oxygen atoms in total. The first kappa shape index (κ1) is 15.5. The van der Waals surface area contributed by atoms with Crippen LogP contribution in [-0.4, -0.2) is 24.2 Å². The third-order valence-corrected chi connectivity index (χ3v) is 2.15. The van der Waals surface area contributed by atoms with Gasteiger partial charge in [0.2, 0.25) is 0 Å². The number of methoxy groups -OCH3 is 1. The molecule has 0 aromatic heterocycles. The molecule has 0 aliphatic heterocycles. The second-order valence-corrected chi connectivity index (χ2v) is 3.37. The fourth-order valence-corrected chi connectivity index (χ4v) is 1.21. The summed E-state index contributed by atoms with van der Waals surface area (Å²) >= 11 is 0. The summed E-state index contributed by atoms with van der Waals surface area (Å²) < 4.78 is 57.6. The molecule has 0 radical (unpaired) electrons. The van der Waals surface area contributed by atoms with Gasteiger partial charge in [-0.2, -0.15) is 0 Å². The molecular weight excluding hydrogens is 284 g/mol. The van der Waals surface area contributed by atoms with Crippen molar-refractivity contribution in [2.45, 2.75) is 6.42 Å². The molecule has 20 heavy (non-hydrogen) atoms. The Hall–Kier alpha value is -2.56. The van der Waals surface area contributed by atoms with E-state index in [0.717, 1.165) is 7.11 Å². The lowest BCUT2D eigenvalue weighted by atomic mass is 10.1. The Kier molecular flexibility index (Phi) is 4.69. The van der Waals surface area contributed by atoms with Crippen molar-refractivity contribution in [1.82, 2.24) is 0 Å². The first-order valence-electron chi connectivity index (χ1n) is 4.96. The van der Waals surface area contributed by atoms with Crippen molar-refractivity contribution in [2.24, 2.45) is 0 Å². The highest BCUT2D eigenvalue weighted by Crippen LogP contribution is 2.23. The van der Waals surface area contributed by atoms with E-state index >= 15 is 0 Å². The fraction of sp³-hybridized carbons (Fsp3) is 0.167. The van der Waals surface area contributed by atoms with Gasteiger partial charge in [-0.05, 0) is 0 Å². The molecule has 1 aromatic carbocycles. The smallest absolute Gasteiger partial charge is 0.341 e. The molecule has 1 aromatic rings. The topological polar surface area (TPSA) is 63.6 Å². The monoisotopic (exact) mass is 290 g/mol. The number of carbonyl (C=O) groups is 2. The molecule has 0 saturated carbocycles. The Morgan fingerprint density at radius 1 is 1.10 bits per heavy atom. The van der Waals surface area contributed by atoms with Gasteiger partial charge in [0.05, 0.1) is 7.11 Å². The summed E-state index contributed by atoms with van der Waals surface area (Å²) in [5.74, 6) is -7.34. The molecule has 0 saturated heterocycles. The Morgan fingerprint density at radius 2 is 1.60 bits per heavy atom. The SMILES string of the molecule is COC(=O)CC#Cc1c(F)c(F)c(C(=O)O)c(F)c1F. The van der Waals surface area contributed by atoms with Crippen LogP contribution in [0, 0.1) is 35.1 Å². The number of hydrogen-bond donors (Lipinski definition) is 1. The van der Waals surface area contributed by atoms with Crippen molar-refractivity contribution in [3.8, 4) is 11.8 Å². The lowest BCUT2D eigenvalue weighted by molar-refractivity contribution is -0.139. The van der Waals surface area contributed by atoms with Crippen LogP contribution in [0.5, 0.6) is 0 Å². The Labute approximate surface area is 110 Å². The molecule has 0 aliphatic carbocycles. The van der Waals surface area contributed by atoms with Gasteiger partial charge in [0.25, 0.3) is 0 Å². The van der Waals surface area contributed by atoms with Crippen LogP contribution in [0.25, 0.3) is 0 Å². The fourth-order valence-electron chi connectivity index (χ4n) is 1.21. The minimum Gasteiger partial charge on any atom is -0.477 e. The van der Waals surface area contributed by atoms with E-state index in [1.807, 2.05) is 5.92 Å². The van der Waals surface area contributed by atoms with Crippen molar-refractivity contribution >= 4 is 11.9 Å². The van der Waals surface area contributed by atoms with Gasteiger partial charge < -0.3 is 9.84 Å². The van der Waals surface area contributed by atoms with Crippen molar-refractivity contribution in [2.75, 3.05) is 7.11 Å². The standard InChI is InChI=1S/C12H6F4O4/c1-20-6(17)4-2-3-5-8(13)10(15)7(12(18)19)11(16)9(5)14/h4H2,1H3,(H,18,19). The van der Waals surface area contributed by atoms with Crippen LogP contribution in [0.15, 0.2) is 0 Å². The molecule has 0 aliphatic rings. The molecule has 0 unspecified atom stereocenters. The Morgan fingerprint density at radius 3 is 2.00 bits per heavy atom. The van der Waals surface area contributed by atoms with Gasteiger partial charge in [-0.3, -0.25) is 4.79 Å². The summed E-state index contributed by atoms with van der Waals surface area (Å²) in [5.41, 5.74) is -3.05. The van der Waals surface area contributed by atoms with E-state index in [2.05, 4.69) is 4.74 Å². The molecule has 0 fully saturated rings. The minimum absolute atomic E-state index is 0.556. The number of halogens is 4. The highest BCUT2D eigenvalue weighted by Gasteiger charge is 2.28. The molecule has 0 heterocycles. The second-order valence-electron chi connectivity index (χ2n) is 3.37.